The average Bonchev–Trinajstić information content (AvgIpc) is 2.92. The van der Waals surface area contributed by atoms with Crippen molar-refractivity contribution in [3.05, 3.63) is 39.6 Å². The molecule has 1 unspecified atom stereocenters. The second-order valence-corrected chi connectivity index (χ2v) is 5.40. The van der Waals surface area contributed by atoms with Crippen LogP contribution in [0, 0.1) is 13.8 Å². The van der Waals surface area contributed by atoms with Crippen LogP contribution in [0.25, 0.3) is 0 Å². The van der Waals surface area contributed by atoms with E-state index in [1.165, 1.54) is 0 Å². The molecular formula is C13H16N2O2S. The van der Waals surface area contributed by atoms with Gasteiger partial charge in [-0.3, -0.25) is 0 Å². The van der Waals surface area contributed by atoms with E-state index >= 15 is 0 Å². The van der Waals surface area contributed by atoms with Crippen molar-refractivity contribution in [3.8, 4) is 0 Å². The molecule has 0 aliphatic carbocycles. The molecule has 0 radical (unpaired) electrons. The highest BCUT2D eigenvalue weighted by Gasteiger charge is 2.17. The molecule has 5 heteroatoms. The molecule has 0 aliphatic rings. The van der Waals surface area contributed by atoms with Gasteiger partial charge in [0.25, 0.3) is 0 Å². The molecule has 2 heterocycles. The number of carboxylic acid groups (broad SMARTS) is 1. The highest BCUT2D eigenvalue weighted by atomic mass is 32.1. The summed E-state index contributed by atoms with van der Waals surface area (Å²) in [4.78, 5) is 15.4. The fourth-order valence-corrected chi connectivity index (χ4v) is 2.82. The third kappa shape index (κ3) is 2.31. The maximum atomic E-state index is 11.1. The first-order valence-electron chi connectivity index (χ1n) is 5.80. The summed E-state index contributed by atoms with van der Waals surface area (Å²) in [5, 5.41) is 12.1. The number of carboxylic acids is 1. The van der Waals surface area contributed by atoms with Crippen molar-refractivity contribution in [1.29, 1.82) is 0 Å². The van der Waals surface area contributed by atoms with Gasteiger partial charge in [0.15, 0.2) is 0 Å². The topological polar surface area (TPSA) is 55.1 Å². The monoisotopic (exact) mass is 264 g/mol. The zero-order valence-corrected chi connectivity index (χ0v) is 11.5. The highest BCUT2D eigenvalue weighted by Crippen LogP contribution is 2.23. The fourth-order valence-electron chi connectivity index (χ4n) is 2.13. The van der Waals surface area contributed by atoms with E-state index in [0.717, 1.165) is 22.9 Å². The van der Waals surface area contributed by atoms with Gasteiger partial charge in [0, 0.05) is 35.4 Å². The molecule has 18 heavy (non-hydrogen) atoms. The van der Waals surface area contributed by atoms with Crippen molar-refractivity contribution in [2.75, 3.05) is 0 Å². The molecule has 0 spiro atoms. The third-order valence-corrected chi connectivity index (χ3v) is 4.14. The van der Waals surface area contributed by atoms with Gasteiger partial charge >= 0.3 is 5.97 Å². The number of hydrogen-bond donors (Lipinski definition) is 1. The number of aryl methyl sites for hydroxylation is 1. The Kier molecular flexibility index (Phi) is 3.52. The highest BCUT2D eigenvalue weighted by molar-refractivity contribution is 7.09. The Morgan fingerprint density at radius 1 is 1.56 bits per heavy atom. The Labute approximate surface area is 110 Å². The predicted molar refractivity (Wildman–Crippen MR) is 71.4 cm³/mol. The van der Waals surface area contributed by atoms with Crippen molar-refractivity contribution in [3.63, 3.8) is 0 Å². The minimum atomic E-state index is -0.865. The molecule has 2 aromatic rings. The van der Waals surface area contributed by atoms with Gasteiger partial charge < -0.3 is 9.67 Å². The quantitative estimate of drug-likeness (QED) is 0.923. The number of nitrogens with zero attached hydrogens (tertiary/aromatic N) is 2. The Morgan fingerprint density at radius 2 is 2.28 bits per heavy atom. The van der Waals surface area contributed by atoms with Gasteiger partial charge in [-0.1, -0.05) is 6.92 Å². The van der Waals surface area contributed by atoms with Crippen molar-refractivity contribution in [2.24, 2.45) is 0 Å². The van der Waals surface area contributed by atoms with E-state index in [0.29, 0.717) is 5.56 Å². The summed E-state index contributed by atoms with van der Waals surface area (Å²) >= 11 is 1.63. The van der Waals surface area contributed by atoms with Crippen LogP contribution in [0.4, 0.5) is 0 Å². The fraction of sp³-hybridized carbons (Fsp3) is 0.385. The maximum absolute atomic E-state index is 11.1. The molecule has 0 saturated carbocycles. The molecule has 96 valence electrons. The molecule has 0 saturated heterocycles. The molecular weight excluding hydrogens is 248 g/mol. The zero-order chi connectivity index (χ0) is 13.3. The lowest BCUT2D eigenvalue weighted by Gasteiger charge is -2.14. The predicted octanol–water partition coefficient (Wildman–Crippen LogP) is 3.06. The van der Waals surface area contributed by atoms with E-state index in [-0.39, 0.29) is 5.92 Å². The van der Waals surface area contributed by atoms with Crippen LogP contribution in [0.5, 0.6) is 0 Å². The van der Waals surface area contributed by atoms with Crippen LogP contribution in [0.3, 0.4) is 0 Å². The van der Waals surface area contributed by atoms with Crippen molar-refractivity contribution >= 4 is 17.3 Å². The number of rotatable bonds is 4. The lowest BCUT2D eigenvalue weighted by molar-refractivity contribution is 0.0696. The van der Waals surface area contributed by atoms with E-state index in [2.05, 4.69) is 16.5 Å². The first-order chi connectivity index (χ1) is 8.50. The van der Waals surface area contributed by atoms with Gasteiger partial charge in [0.05, 0.1) is 10.6 Å². The van der Waals surface area contributed by atoms with Gasteiger partial charge in [-0.15, -0.1) is 11.3 Å². The van der Waals surface area contributed by atoms with Crippen LogP contribution in [-0.2, 0) is 6.54 Å². The number of carbonyl (C=O) groups is 1. The van der Waals surface area contributed by atoms with Crippen LogP contribution >= 0.6 is 11.3 Å². The second-order valence-electron chi connectivity index (χ2n) is 4.47. The number of hydrogen-bond acceptors (Lipinski definition) is 3. The lowest BCUT2D eigenvalue weighted by atomic mass is 10.2. The number of aromatic carboxylic acids is 1. The first-order valence-corrected chi connectivity index (χ1v) is 6.68. The van der Waals surface area contributed by atoms with E-state index < -0.39 is 5.97 Å². The van der Waals surface area contributed by atoms with Crippen LogP contribution in [0.2, 0.25) is 0 Å². The molecule has 0 amide bonds. The molecule has 1 atom stereocenters. The summed E-state index contributed by atoms with van der Waals surface area (Å²) < 4.78 is 2.05. The standard InChI is InChI=1S/C13H16N2O2S/c1-8(12-14-4-5-18-12)7-15-9(2)6-11(10(15)3)13(16)17/h4-6,8H,7H2,1-3H3,(H,16,17). The lowest BCUT2D eigenvalue weighted by Crippen LogP contribution is -2.10. The molecule has 0 fully saturated rings. The smallest absolute Gasteiger partial charge is 0.337 e. The normalized spacial score (nSPS) is 12.6. The summed E-state index contributed by atoms with van der Waals surface area (Å²) in [6, 6.07) is 1.73. The van der Waals surface area contributed by atoms with Gasteiger partial charge in [0.2, 0.25) is 0 Å². The Morgan fingerprint density at radius 3 is 2.78 bits per heavy atom. The van der Waals surface area contributed by atoms with E-state index in [1.807, 2.05) is 19.2 Å². The molecule has 0 aliphatic heterocycles. The Balaban J connectivity index is 2.27. The molecule has 0 aromatic carbocycles. The summed E-state index contributed by atoms with van der Waals surface area (Å²) in [7, 11) is 0. The van der Waals surface area contributed by atoms with Gasteiger partial charge in [-0.25, -0.2) is 9.78 Å². The SMILES string of the molecule is Cc1cc(C(=O)O)c(C)n1CC(C)c1nccs1. The summed E-state index contributed by atoms with van der Waals surface area (Å²) in [6.07, 6.45) is 1.80. The molecule has 4 nitrogen and oxygen atoms in total. The first kappa shape index (κ1) is 12.8. The summed E-state index contributed by atoms with van der Waals surface area (Å²) in [6.45, 7) is 6.66. The number of aromatic nitrogens is 2. The van der Waals surface area contributed by atoms with Gasteiger partial charge in [0.1, 0.15) is 0 Å². The van der Waals surface area contributed by atoms with Crippen LogP contribution in [-0.4, -0.2) is 20.6 Å². The van der Waals surface area contributed by atoms with Crippen molar-refractivity contribution in [1.82, 2.24) is 9.55 Å². The minimum absolute atomic E-state index is 0.288. The molecule has 2 aromatic heterocycles. The van der Waals surface area contributed by atoms with Crippen molar-refractivity contribution in [2.45, 2.75) is 33.2 Å². The second kappa shape index (κ2) is 4.94. The van der Waals surface area contributed by atoms with E-state index in [4.69, 9.17) is 5.11 Å². The number of thiazole rings is 1. The Hall–Kier alpha value is -1.62. The van der Waals surface area contributed by atoms with Gasteiger partial charge in [-0.05, 0) is 19.9 Å². The largest absolute Gasteiger partial charge is 0.478 e. The summed E-state index contributed by atoms with van der Waals surface area (Å²) in [5.74, 6) is -0.576. The van der Waals surface area contributed by atoms with Gasteiger partial charge in [-0.2, -0.15) is 0 Å². The van der Waals surface area contributed by atoms with Crippen LogP contribution in [0.1, 0.15) is 39.6 Å². The molecule has 2 rings (SSSR count). The summed E-state index contributed by atoms with van der Waals surface area (Å²) in [5.41, 5.74) is 2.18. The van der Waals surface area contributed by atoms with E-state index in [1.54, 1.807) is 23.6 Å². The Bertz CT molecular complexity index is 558. The van der Waals surface area contributed by atoms with Crippen molar-refractivity contribution < 1.29 is 9.90 Å². The minimum Gasteiger partial charge on any atom is -0.478 e. The van der Waals surface area contributed by atoms with E-state index in [9.17, 15) is 4.79 Å². The average molecular weight is 264 g/mol. The third-order valence-electron chi connectivity index (χ3n) is 3.13. The molecule has 0 bridgehead atoms. The molecule has 1 N–H and O–H groups in total. The van der Waals surface area contributed by atoms with Crippen LogP contribution < -0.4 is 0 Å². The maximum Gasteiger partial charge on any atom is 0.337 e. The zero-order valence-electron chi connectivity index (χ0n) is 10.7. The van der Waals surface area contributed by atoms with Crippen LogP contribution in [0.15, 0.2) is 17.6 Å².